The van der Waals surface area contributed by atoms with Crippen LogP contribution < -0.4 is 19.8 Å². The Morgan fingerprint density at radius 1 is 1.14 bits per heavy atom. The molecule has 1 amide bonds. The maximum atomic E-state index is 13.1. The van der Waals surface area contributed by atoms with Crippen LogP contribution in [-0.2, 0) is 14.8 Å². The summed E-state index contributed by atoms with van der Waals surface area (Å²) < 4.78 is 39.5. The number of carbonyl (C=O) groups is 1. The number of hydrogen-bond donors (Lipinski definition) is 3. The number of benzene rings is 2. The van der Waals surface area contributed by atoms with Gasteiger partial charge in [-0.15, -0.1) is 0 Å². The van der Waals surface area contributed by atoms with E-state index in [0.717, 1.165) is 36.8 Å². The van der Waals surface area contributed by atoms with Gasteiger partial charge in [0.05, 0.1) is 31.1 Å². The van der Waals surface area contributed by atoms with E-state index < -0.39 is 10.0 Å². The van der Waals surface area contributed by atoms with E-state index in [1.807, 2.05) is 0 Å². The van der Waals surface area contributed by atoms with Gasteiger partial charge in [-0.2, -0.15) is 0 Å². The molecule has 29 heavy (non-hydrogen) atoms. The second kappa shape index (κ2) is 8.89. The summed E-state index contributed by atoms with van der Waals surface area (Å²) in [5, 5.41) is 2.79. The van der Waals surface area contributed by atoms with Crippen molar-refractivity contribution >= 4 is 27.3 Å². The number of anilines is 2. The monoisotopic (exact) mass is 421 g/mol. The molecule has 3 rings (SSSR count). The van der Waals surface area contributed by atoms with Gasteiger partial charge >= 0.3 is 0 Å². The van der Waals surface area contributed by atoms with Crippen LogP contribution in [0.1, 0.15) is 5.56 Å². The first-order valence-corrected chi connectivity index (χ1v) is 10.9. The molecule has 0 aromatic heterocycles. The van der Waals surface area contributed by atoms with Crippen LogP contribution in [-0.4, -0.2) is 54.1 Å². The first kappa shape index (κ1) is 21.2. The molecule has 1 saturated heterocycles. The first-order valence-electron chi connectivity index (χ1n) is 9.46. The zero-order chi connectivity index (χ0) is 21.0. The topological polar surface area (TPSA) is 83.0 Å². The molecular formula is C20H26FN4O3S+. The van der Waals surface area contributed by atoms with E-state index in [4.69, 9.17) is 0 Å². The SMILES string of the molecule is CNS(=O)(=O)c1cc(NC(=O)C[NH+]2CCN(c3ccc(F)cc3)CC2)ccc1C. The van der Waals surface area contributed by atoms with Crippen molar-refractivity contribution in [3.8, 4) is 0 Å². The Kier molecular flexibility index (Phi) is 6.51. The molecule has 0 radical (unpaired) electrons. The number of halogens is 1. The minimum atomic E-state index is -3.59. The fourth-order valence-corrected chi connectivity index (χ4v) is 4.41. The van der Waals surface area contributed by atoms with E-state index in [9.17, 15) is 17.6 Å². The highest BCUT2D eigenvalue weighted by Crippen LogP contribution is 2.20. The molecule has 2 aromatic rings. The van der Waals surface area contributed by atoms with Crippen molar-refractivity contribution in [3.63, 3.8) is 0 Å². The Labute approximate surface area is 170 Å². The van der Waals surface area contributed by atoms with Crippen LogP contribution in [0.3, 0.4) is 0 Å². The molecule has 1 fully saturated rings. The molecule has 7 nitrogen and oxygen atoms in total. The van der Waals surface area contributed by atoms with Crippen LogP contribution in [0.5, 0.6) is 0 Å². The lowest BCUT2D eigenvalue weighted by molar-refractivity contribution is -0.892. The molecule has 0 spiro atoms. The van der Waals surface area contributed by atoms with Gasteiger partial charge in [0.2, 0.25) is 10.0 Å². The number of nitrogens with one attached hydrogen (secondary N) is 3. The Morgan fingerprint density at radius 2 is 1.79 bits per heavy atom. The first-order chi connectivity index (χ1) is 13.8. The number of quaternary nitrogens is 1. The number of nitrogens with zero attached hydrogens (tertiary/aromatic N) is 1. The molecular weight excluding hydrogens is 395 g/mol. The summed E-state index contributed by atoms with van der Waals surface area (Å²) in [4.78, 5) is 15.9. The molecule has 2 aromatic carbocycles. The minimum Gasteiger partial charge on any atom is -0.360 e. The number of rotatable bonds is 6. The summed E-state index contributed by atoms with van der Waals surface area (Å²) in [5.41, 5.74) is 2.05. The third-order valence-corrected chi connectivity index (χ3v) is 6.66. The minimum absolute atomic E-state index is 0.151. The van der Waals surface area contributed by atoms with Crippen molar-refractivity contribution in [2.24, 2.45) is 0 Å². The number of aryl methyl sites for hydroxylation is 1. The Bertz CT molecular complexity index is 972. The van der Waals surface area contributed by atoms with E-state index in [0.29, 0.717) is 17.8 Å². The van der Waals surface area contributed by atoms with Crippen molar-refractivity contribution in [3.05, 3.63) is 53.8 Å². The highest BCUT2D eigenvalue weighted by molar-refractivity contribution is 7.89. The van der Waals surface area contributed by atoms with Crippen LogP contribution >= 0.6 is 0 Å². The number of carbonyl (C=O) groups excluding carboxylic acids is 1. The molecule has 1 aliphatic rings. The number of sulfonamides is 1. The zero-order valence-corrected chi connectivity index (χ0v) is 17.4. The Morgan fingerprint density at radius 3 is 2.41 bits per heavy atom. The van der Waals surface area contributed by atoms with E-state index >= 15 is 0 Å². The summed E-state index contributed by atoms with van der Waals surface area (Å²) in [6.45, 7) is 5.16. The average molecular weight is 422 g/mol. The van der Waals surface area contributed by atoms with Gasteiger partial charge in [-0.3, -0.25) is 4.79 Å². The maximum Gasteiger partial charge on any atom is 0.279 e. The average Bonchev–Trinajstić information content (AvgIpc) is 2.70. The van der Waals surface area contributed by atoms with Crippen molar-refractivity contribution in [2.45, 2.75) is 11.8 Å². The molecule has 0 atom stereocenters. The normalized spacial score (nSPS) is 15.3. The molecule has 0 aliphatic carbocycles. The van der Waals surface area contributed by atoms with Gasteiger partial charge in [-0.05, 0) is 55.9 Å². The molecule has 1 heterocycles. The van der Waals surface area contributed by atoms with Crippen molar-refractivity contribution in [1.82, 2.24) is 4.72 Å². The summed E-state index contributed by atoms with van der Waals surface area (Å²) in [5.74, 6) is -0.414. The summed E-state index contributed by atoms with van der Waals surface area (Å²) in [6.07, 6.45) is 0. The third kappa shape index (κ3) is 5.31. The van der Waals surface area contributed by atoms with Gasteiger partial charge in [0.1, 0.15) is 5.82 Å². The third-order valence-electron chi connectivity index (χ3n) is 5.10. The van der Waals surface area contributed by atoms with E-state index in [1.54, 1.807) is 31.2 Å². The lowest BCUT2D eigenvalue weighted by Crippen LogP contribution is -3.15. The summed E-state index contributed by atoms with van der Waals surface area (Å²) >= 11 is 0. The molecule has 0 bridgehead atoms. The fraction of sp³-hybridized carbons (Fsp3) is 0.350. The van der Waals surface area contributed by atoms with Gasteiger partial charge < -0.3 is 15.1 Å². The highest BCUT2D eigenvalue weighted by atomic mass is 32.2. The summed E-state index contributed by atoms with van der Waals surface area (Å²) in [7, 11) is -2.23. The Balaban J connectivity index is 1.55. The molecule has 0 unspecified atom stereocenters. The van der Waals surface area contributed by atoms with Gasteiger partial charge in [0.25, 0.3) is 5.91 Å². The largest absolute Gasteiger partial charge is 0.360 e. The fourth-order valence-electron chi connectivity index (χ4n) is 3.42. The smallest absolute Gasteiger partial charge is 0.279 e. The second-order valence-electron chi connectivity index (χ2n) is 7.13. The summed E-state index contributed by atoms with van der Waals surface area (Å²) in [6, 6.07) is 11.3. The maximum absolute atomic E-state index is 13.1. The van der Waals surface area contributed by atoms with Gasteiger partial charge in [-0.1, -0.05) is 6.07 Å². The number of piperazine rings is 1. The standard InChI is InChI=1S/C20H25FN4O3S/c1-15-3-6-17(13-19(15)29(27,28)22-2)23-20(26)14-24-9-11-25(12-10-24)18-7-4-16(21)5-8-18/h3-8,13,22H,9-12,14H2,1-2H3,(H,23,26)/p+1. The van der Waals surface area contributed by atoms with Gasteiger partial charge in [0, 0.05) is 11.4 Å². The molecule has 0 saturated carbocycles. The van der Waals surface area contributed by atoms with Crippen LogP contribution in [0.25, 0.3) is 0 Å². The lowest BCUT2D eigenvalue weighted by atomic mass is 10.2. The van der Waals surface area contributed by atoms with Gasteiger partial charge in [0.15, 0.2) is 6.54 Å². The molecule has 1 aliphatic heterocycles. The number of amides is 1. The van der Waals surface area contributed by atoms with Crippen LogP contribution in [0, 0.1) is 12.7 Å². The van der Waals surface area contributed by atoms with Crippen molar-refractivity contribution in [2.75, 3.05) is 50.0 Å². The van der Waals surface area contributed by atoms with Gasteiger partial charge in [-0.25, -0.2) is 17.5 Å². The van der Waals surface area contributed by atoms with E-state index in [-0.39, 0.29) is 16.6 Å². The van der Waals surface area contributed by atoms with Crippen LogP contribution in [0.2, 0.25) is 0 Å². The molecule has 9 heteroatoms. The van der Waals surface area contributed by atoms with Crippen LogP contribution in [0.4, 0.5) is 15.8 Å². The Hall–Kier alpha value is -2.49. The zero-order valence-electron chi connectivity index (χ0n) is 16.5. The van der Waals surface area contributed by atoms with Crippen molar-refractivity contribution < 1.29 is 22.5 Å². The lowest BCUT2D eigenvalue weighted by Gasteiger charge is -2.33. The molecule has 156 valence electrons. The number of hydrogen-bond acceptors (Lipinski definition) is 4. The predicted molar refractivity (Wildman–Crippen MR) is 110 cm³/mol. The second-order valence-corrected chi connectivity index (χ2v) is 8.98. The highest BCUT2D eigenvalue weighted by Gasteiger charge is 2.23. The van der Waals surface area contributed by atoms with E-state index in [1.165, 1.54) is 25.2 Å². The van der Waals surface area contributed by atoms with E-state index in [2.05, 4.69) is 14.9 Å². The molecule has 3 N–H and O–H groups in total. The van der Waals surface area contributed by atoms with Crippen molar-refractivity contribution in [1.29, 1.82) is 0 Å². The quantitative estimate of drug-likeness (QED) is 0.630. The predicted octanol–water partition coefficient (Wildman–Crippen LogP) is 0.386. The van der Waals surface area contributed by atoms with Crippen LogP contribution in [0.15, 0.2) is 47.4 Å².